The number of benzene rings is 1. The SMILES string of the molecule is CCN(CC(=O)NC1CCC(C)CC1)Cc1ccc(OC)c(OC)c1. The first-order chi connectivity index (χ1) is 12.0. The minimum atomic E-state index is 0.127. The average Bonchev–Trinajstić information content (AvgIpc) is 2.62. The topological polar surface area (TPSA) is 50.8 Å². The number of likely N-dealkylation sites (N-methyl/N-ethyl adjacent to an activating group) is 1. The van der Waals surface area contributed by atoms with Crippen molar-refractivity contribution in [1.82, 2.24) is 10.2 Å². The van der Waals surface area contributed by atoms with Gasteiger partial charge in [0.15, 0.2) is 11.5 Å². The highest BCUT2D eigenvalue weighted by Crippen LogP contribution is 2.28. The molecule has 2 rings (SSSR count). The molecule has 1 amide bonds. The second-order valence-electron chi connectivity index (χ2n) is 7.02. The molecule has 1 aromatic rings. The summed E-state index contributed by atoms with van der Waals surface area (Å²) in [4.78, 5) is 14.5. The molecule has 0 aromatic heterocycles. The molecular formula is C20H32N2O3. The van der Waals surface area contributed by atoms with Crippen LogP contribution in [0.15, 0.2) is 18.2 Å². The average molecular weight is 348 g/mol. The predicted molar refractivity (Wildman–Crippen MR) is 100 cm³/mol. The van der Waals surface area contributed by atoms with Gasteiger partial charge in [-0.2, -0.15) is 0 Å². The Morgan fingerprint density at radius 3 is 2.44 bits per heavy atom. The molecule has 1 aliphatic rings. The lowest BCUT2D eigenvalue weighted by Gasteiger charge is -2.28. The fourth-order valence-corrected chi connectivity index (χ4v) is 3.40. The molecule has 5 heteroatoms. The van der Waals surface area contributed by atoms with Crippen LogP contribution in [-0.2, 0) is 11.3 Å². The number of ether oxygens (including phenoxy) is 2. The van der Waals surface area contributed by atoms with Crippen molar-refractivity contribution in [3.05, 3.63) is 23.8 Å². The molecule has 0 saturated heterocycles. The van der Waals surface area contributed by atoms with Crippen LogP contribution in [0.1, 0.15) is 45.1 Å². The number of amides is 1. The van der Waals surface area contributed by atoms with Crippen LogP contribution in [0.3, 0.4) is 0 Å². The number of nitrogens with zero attached hydrogens (tertiary/aromatic N) is 1. The van der Waals surface area contributed by atoms with E-state index in [1.807, 2.05) is 18.2 Å². The van der Waals surface area contributed by atoms with E-state index in [4.69, 9.17) is 9.47 Å². The van der Waals surface area contributed by atoms with Gasteiger partial charge in [-0.3, -0.25) is 9.69 Å². The van der Waals surface area contributed by atoms with Gasteiger partial charge in [-0.15, -0.1) is 0 Å². The van der Waals surface area contributed by atoms with Gasteiger partial charge >= 0.3 is 0 Å². The smallest absolute Gasteiger partial charge is 0.234 e. The van der Waals surface area contributed by atoms with Crippen molar-refractivity contribution in [2.24, 2.45) is 5.92 Å². The van der Waals surface area contributed by atoms with Crippen LogP contribution in [0.4, 0.5) is 0 Å². The van der Waals surface area contributed by atoms with Crippen molar-refractivity contribution < 1.29 is 14.3 Å². The Morgan fingerprint density at radius 1 is 1.16 bits per heavy atom. The molecule has 0 bridgehead atoms. The van der Waals surface area contributed by atoms with Gasteiger partial charge in [0.1, 0.15) is 0 Å². The van der Waals surface area contributed by atoms with Crippen molar-refractivity contribution in [3.63, 3.8) is 0 Å². The van der Waals surface area contributed by atoms with E-state index in [1.54, 1.807) is 14.2 Å². The van der Waals surface area contributed by atoms with Gasteiger partial charge in [0, 0.05) is 12.6 Å². The Labute approximate surface area is 151 Å². The van der Waals surface area contributed by atoms with Crippen molar-refractivity contribution in [1.29, 1.82) is 0 Å². The normalized spacial score (nSPS) is 20.4. The largest absolute Gasteiger partial charge is 0.493 e. The van der Waals surface area contributed by atoms with Gasteiger partial charge < -0.3 is 14.8 Å². The number of nitrogens with one attached hydrogen (secondary N) is 1. The maximum atomic E-state index is 12.4. The summed E-state index contributed by atoms with van der Waals surface area (Å²) in [6, 6.07) is 6.25. The molecule has 1 aliphatic carbocycles. The standard InChI is InChI=1S/C20H32N2O3/c1-5-22(13-16-8-11-18(24-3)19(12-16)25-4)14-20(23)21-17-9-6-15(2)7-10-17/h8,11-12,15,17H,5-7,9-10,13-14H2,1-4H3,(H,21,23). The first kappa shape index (κ1) is 19.6. The summed E-state index contributed by atoms with van der Waals surface area (Å²) in [6.07, 6.45) is 4.64. The molecule has 0 heterocycles. The number of methoxy groups -OCH3 is 2. The van der Waals surface area contributed by atoms with Crippen LogP contribution in [0.25, 0.3) is 0 Å². The van der Waals surface area contributed by atoms with E-state index >= 15 is 0 Å². The maximum Gasteiger partial charge on any atom is 0.234 e. The summed E-state index contributed by atoms with van der Waals surface area (Å²) in [7, 11) is 3.27. The lowest BCUT2D eigenvalue weighted by Crippen LogP contribution is -2.43. The summed E-state index contributed by atoms with van der Waals surface area (Å²) in [5.41, 5.74) is 1.11. The molecule has 25 heavy (non-hydrogen) atoms. The first-order valence-electron chi connectivity index (χ1n) is 9.28. The third-order valence-electron chi connectivity index (χ3n) is 5.05. The third kappa shape index (κ3) is 5.92. The Kier molecular flexibility index (Phi) is 7.56. The number of rotatable bonds is 8. The van der Waals surface area contributed by atoms with Gasteiger partial charge in [0.25, 0.3) is 0 Å². The van der Waals surface area contributed by atoms with Crippen LogP contribution in [0.2, 0.25) is 0 Å². The molecule has 0 atom stereocenters. The summed E-state index contributed by atoms with van der Waals surface area (Å²) in [6.45, 7) is 6.34. The van der Waals surface area contributed by atoms with E-state index in [1.165, 1.54) is 12.8 Å². The Bertz CT molecular complexity index is 554. The fraction of sp³-hybridized carbons (Fsp3) is 0.650. The fourth-order valence-electron chi connectivity index (χ4n) is 3.40. The molecule has 0 spiro atoms. The Balaban J connectivity index is 1.88. The predicted octanol–water partition coefficient (Wildman–Crippen LogP) is 3.22. The highest BCUT2D eigenvalue weighted by atomic mass is 16.5. The lowest BCUT2D eigenvalue weighted by atomic mass is 9.87. The van der Waals surface area contributed by atoms with Gasteiger partial charge in [-0.25, -0.2) is 0 Å². The van der Waals surface area contributed by atoms with Gasteiger partial charge in [-0.05, 0) is 55.8 Å². The molecule has 1 saturated carbocycles. The van der Waals surface area contributed by atoms with Crippen molar-refractivity contribution in [3.8, 4) is 11.5 Å². The van der Waals surface area contributed by atoms with E-state index in [2.05, 4.69) is 24.1 Å². The van der Waals surface area contributed by atoms with E-state index in [-0.39, 0.29) is 5.91 Å². The molecule has 0 unspecified atom stereocenters. The number of carbonyl (C=O) groups is 1. The zero-order valence-corrected chi connectivity index (χ0v) is 16.0. The Hall–Kier alpha value is -1.75. The van der Waals surface area contributed by atoms with Crippen molar-refractivity contribution >= 4 is 5.91 Å². The summed E-state index contributed by atoms with van der Waals surface area (Å²) in [5.74, 6) is 2.36. The van der Waals surface area contributed by atoms with Crippen LogP contribution < -0.4 is 14.8 Å². The number of carbonyl (C=O) groups excluding carboxylic acids is 1. The molecule has 140 valence electrons. The second-order valence-corrected chi connectivity index (χ2v) is 7.02. The van der Waals surface area contributed by atoms with E-state index in [0.29, 0.717) is 19.1 Å². The quantitative estimate of drug-likeness (QED) is 0.784. The number of hydrogen-bond donors (Lipinski definition) is 1. The van der Waals surface area contributed by atoms with Gasteiger partial charge in [0.05, 0.1) is 20.8 Å². The van der Waals surface area contributed by atoms with Gasteiger partial charge in [0.2, 0.25) is 5.91 Å². The van der Waals surface area contributed by atoms with Crippen LogP contribution in [0.5, 0.6) is 11.5 Å². The summed E-state index contributed by atoms with van der Waals surface area (Å²) in [5, 5.41) is 3.21. The van der Waals surface area contributed by atoms with Crippen molar-refractivity contribution in [2.45, 2.75) is 52.1 Å². The molecule has 5 nitrogen and oxygen atoms in total. The zero-order valence-electron chi connectivity index (χ0n) is 16.0. The van der Waals surface area contributed by atoms with E-state index in [9.17, 15) is 4.79 Å². The van der Waals surface area contributed by atoms with Crippen LogP contribution in [-0.4, -0.2) is 44.2 Å². The highest BCUT2D eigenvalue weighted by Gasteiger charge is 2.20. The third-order valence-corrected chi connectivity index (χ3v) is 5.05. The van der Waals surface area contributed by atoms with Crippen LogP contribution >= 0.6 is 0 Å². The maximum absolute atomic E-state index is 12.4. The zero-order chi connectivity index (χ0) is 18.2. The minimum Gasteiger partial charge on any atom is -0.493 e. The van der Waals surface area contributed by atoms with E-state index in [0.717, 1.165) is 42.4 Å². The summed E-state index contributed by atoms with van der Waals surface area (Å²) >= 11 is 0. The molecule has 0 aliphatic heterocycles. The molecule has 0 radical (unpaired) electrons. The van der Waals surface area contributed by atoms with Gasteiger partial charge in [-0.1, -0.05) is 19.9 Å². The summed E-state index contributed by atoms with van der Waals surface area (Å²) < 4.78 is 10.6. The lowest BCUT2D eigenvalue weighted by molar-refractivity contribution is -0.123. The molecule has 1 N–H and O–H groups in total. The second kappa shape index (κ2) is 9.66. The number of hydrogen-bond acceptors (Lipinski definition) is 4. The van der Waals surface area contributed by atoms with Crippen molar-refractivity contribution in [2.75, 3.05) is 27.3 Å². The molecule has 1 fully saturated rings. The monoisotopic (exact) mass is 348 g/mol. The molecular weight excluding hydrogens is 316 g/mol. The van der Waals surface area contributed by atoms with E-state index < -0.39 is 0 Å². The first-order valence-corrected chi connectivity index (χ1v) is 9.28. The minimum absolute atomic E-state index is 0.127. The highest BCUT2D eigenvalue weighted by molar-refractivity contribution is 5.78. The van der Waals surface area contributed by atoms with Crippen LogP contribution in [0, 0.1) is 5.92 Å². The Morgan fingerprint density at radius 2 is 1.84 bits per heavy atom. The molecule has 1 aromatic carbocycles.